The molecule has 1 amide bonds. The lowest BCUT2D eigenvalue weighted by Gasteiger charge is -2.14. The van der Waals surface area contributed by atoms with Gasteiger partial charge >= 0.3 is 0 Å². The van der Waals surface area contributed by atoms with E-state index in [9.17, 15) is 13.2 Å². The van der Waals surface area contributed by atoms with Gasteiger partial charge < -0.3 is 9.73 Å². The number of furan rings is 1. The van der Waals surface area contributed by atoms with Gasteiger partial charge in [-0.3, -0.25) is 4.79 Å². The zero-order chi connectivity index (χ0) is 22.0. The second kappa shape index (κ2) is 8.68. The molecule has 0 fully saturated rings. The number of rotatable bonds is 5. The highest BCUT2D eigenvalue weighted by molar-refractivity contribution is 9.10. The average molecular weight is 502 g/mol. The number of sulfonamides is 1. The lowest BCUT2D eigenvalue weighted by Crippen LogP contribution is -2.22. The fourth-order valence-corrected chi connectivity index (χ4v) is 4.60. The van der Waals surface area contributed by atoms with Crippen LogP contribution in [-0.4, -0.2) is 20.0 Å². The number of hydrogen-bond donors (Lipinski definition) is 2. The van der Waals surface area contributed by atoms with Gasteiger partial charge in [0.25, 0.3) is 15.9 Å². The number of hydrogen-bond acceptors (Lipinski definition) is 5. The Labute approximate surface area is 188 Å². The molecule has 4 rings (SSSR count). The standard InChI is InChI=1S/C22H20BrN3O4S/c1-14-20-18(25-26-31(28,29)17-6-3-2-4-7-17)8-5-9-19(20)30-21(14)22(27)24-16-12-10-15(23)11-13-16/h2-4,6-7,10-13,26H,5,8-9H2,1H3,(H,24,27)/b25-18+. The molecule has 0 unspecified atom stereocenters. The van der Waals surface area contributed by atoms with Crippen LogP contribution in [0.3, 0.4) is 0 Å². The molecule has 0 atom stereocenters. The molecule has 2 N–H and O–H groups in total. The van der Waals surface area contributed by atoms with E-state index in [1.165, 1.54) is 12.1 Å². The van der Waals surface area contributed by atoms with Crippen molar-refractivity contribution < 1.29 is 17.6 Å². The summed E-state index contributed by atoms with van der Waals surface area (Å²) < 4.78 is 31.8. The SMILES string of the molecule is Cc1c(C(=O)Nc2ccc(Br)cc2)oc2c1/C(=N/NS(=O)(=O)c1ccccc1)CCC2. The molecule has 160 valence electrons. The Bertz CT molecular complexity index is 1250. The van der Waals surface area contributed by atoms with Crippen molar-refractivity contribution in [1.82, 2.24) is 4.83 Å². The maximum atomic E-state index is 12.8. The molecule has 0 bridgehead atoms. The van der Waals surface area contributed by atoms with Crippen LogP contribution in [0.25, 0.3) is 0 Å². The number of aryl methyl sites for hydroxylation is 1. The van der Waals surface area contributed by atoms with Crippen molar-refractivity contribution in [3.63, 3.8) is 0 Å². The van der Waals surface area contributed by atoms with Crippen LogP contribution in [0.5, 0.6) is 0 Å². The minimum absolute atomic E-state index is 0.133. The number of carbonyl (C=O) groups is 1. The predicted octanol–water partition coefficient (Wildman–Crippen LogP) is 4.62. The molecular weight excluding hydrogens is 482 g/mol. The largest absolute Gasteiger partial charge is 0.455 e. The van der Waals surface area contributed by atoms with Crippen molar-refractivity contribution >= 4 is 43.3 Å². The highest BCUT2D eigenvalue weighted by Gasteiger charge is 2.28. The van der Waals surface area contributed by atoms with E-state index < -0.39 is 10.0 Å². The van der Waals surface area contributed by atoms with Crippen LogP contribution < -0.4 is 10.1 Å². The molecule has 0 saturated heterocycles. The number of nitrogens with one attached hydrogen (secondary N) is 2. The maximum absolute atomic E-state index is 12.8. The van der Waals surface area contributed by atoms with Gasteiger partial charge in [0, 0.05) is 27.7 Å². The summed E-state index contributed by atoms with van der Waals surface area (Å²) in [5, 5.41) is 7.00. The summed E-state index contributed by atoms with van der Waals surface area (Å²) in [4.78, 5) is 15.2. The van der Waals surface area contributed by atoms with Gasteiger partial charge in [-0.05, 0) is 56.2 Å². The van der Waals surface area contributed by atoms with E-state index in [2.05, 4.69) is 31.2 Å². The van der Waals surface area contributed by atoms with E-state index in [1.54, 1.807) is 37.3 Å². The van der Waals surface area contributed by atoms with Crippen molar-refractivity contribution in [2.45, 2.75) is 31.1 Å². The monoisotopic (exact) mass is 501 g/mol. The van der Waals surface area contributed by atoms with Gasteiger partial charge in [-0.2, -0.15) is 18.4 Å². The van der Waals surface area contributed by atoms with Crippen LogP contribution in [-0.2, 0) is 16.4 Å². The third-order valence-corrected chi connectivity index (χ3v) is 6.74. The molecule has 0 radical (unpaired) electrons. The summed E-state index contributed by atoms with van der Waals surface area (Å²) in [6.07, 6.45) is 1.99. The molecule has 1 aliphatic rings. The molecule has 0 saturated carbocycles. The smallest absolute Gasteiger partial charge is 0.291 e. The van der Waals surface area contributed by atoms with Crippen LogP contribution >= 0.6 is 15.9 Å². The lowest BCUT2D eigenvalue weighted by atomic mass is 9.93. The Morgan fingerprint density at radius 2 is 1.77 bits per heavy atom. The van der Waals surface area contributed by atoms with Crippen LogP contribution in [0.1, 0.15) is 40.3 Å². The van der Waals surface area contributed by atoms with Gasteiger partial charge in [-0.15, -0.1) is 0 Å². The minimum atomic E-state index is -3.78. The first-order valence-electron chi connectivity index (χ1n) is 9.68. The number of halogens is 1. The zero-order valence-electron chi connectivity index (χ0n) is 16.7. The van der Waals surface area contributed by atoms with Crippen LogP contribution in [0.15, 0.2) is 73.5 Å². The van der Waals surface area contributed by atoms with Crippen molar-refractivity contribution in [3.05, 3.63) is 81.7 Å². The Balaban J connectivity index is 1.60. The molecule has 0 aliphatic heterocycles. The number of fused-ring (bicyclic) bond motifs is 1. The van der Waals surface area contributed by atoms with E-state index in [0.29, 0.717) is 41.1 Å². The molecule has 0 spiro atoms. The first kappa shape index (κ1) is 21.3. The number of amides is 1. The normalized spacial score (nSPS) is 14.8. The number of nitrogens with zero attached hydrogens (tertiary/aromatic N) is 1. The second-order valence-electron chi connectivity index (χ2n) is 7.14. The molecular formula is C22H20BrN3O4S. The molecule has 1 aromatic heterocycles. The predicted molar refractivity (Wildman–Crippen MR) is 122 cm³/mol. The number of anilines is 1. The maximum Gasteiger partial charge on any atom is 0.291 e. The van der Waals surface area contributed by atoms with Crippen LogP contribution in [0.2, 0.25) is 0 Å². The van der Waals surface area contributed by atoms with Gasteiger partial charge in [0.2, 0.25) is 0 Å². The molecule has 31 heavy (non-hydrogen) atoms. The topological polar surface area (TPSA) is 101 Å². The summed E-state index contributed by atoms with van der Waals surface area (Å²) in [6, 6.07) is 15.3. The highest BCUT2D eigenvalue weighted by atomic mass is 79.9. The zero-order valence-corrected chi connectivity index (χ0v) is 19.1. The molecule has 1 aliphatic carbocycles. The number of carbonyl (C=O) groups excluding carboxylic acids is 1. The summed E-state index contributed by atoms with van der Waals surface area (Å²) in [5.74, 6) is 0.481. The van der Waals surface area contributed by atoms with Gasteiger partial charge in [0.1, 0.15) is 5.76 Å². The van der Waals surface area contributed by atoms with Crippen molar-refractivity contribution in [2.24, 2.45) is 5.10 Å². The number of hydrazone groups is 1. The van der Waals surface area contributed by atoms with E-state index >= 15 is 0 Å². The third kappa shape index (κ3) is 4.57. The summed E-state index contributed by atoms with van der Waals surface area (Å²) in [6.45, 7) is 1.78. The third-order valence-electron chi connectivity index (χ3n) is 4.99. The Hall–Kier alpha value is -2.91. The fraction of sp³-hybridized carbons (Fsp3) is 0.182. The molecule has 3 aromatic rings. The Kier molecular flexibility index (Phi) is 5.97. The van der Waals surface area contributed by atoms with Crippen molar-refractivity contribution in [1.29, 1.82) is 0 Å². The molecule has 9 heteroatoms. The van der Waals surface area contributed by atoms with E-state index in [1.807, 2.05) is 12.1 Å². The van der Waals surface area contributed by atoms with Crippen molar-refractivity contribution in [2.75, 3.05) is 5.32 Å². The molecule has 1 heterocycles. The van der Waals surface area contributed by atoms with Crippen LogP contribution in [0, 0.1) is 6.92 Å². The molecule has 2 aromatic carbocycles. The van der Waals surface area contributed by atoms with Crippen molar-refractivity contribution in [3.8, 4) is 0 Å². The van der Waals surface area contributed by atoms with Crippen LogP contribution in [0.4, 0.5) is 5.69 Å². The summed E-state index contributed by atoms with van der Waals surface area (Å²) in [5.41, 5.74) is 2.54. The summed E-state index contributed by atoms with van der Waals surface area (Å²) >= 11 is 3.36. The Morgan fingerprint density at radius 1 is 1.06 bits per heavy atom. The van der Waals surface area contributed by atoms with E-state index in [4.69, 9.17) is 4.42 Å². The Morgan fingerprint density at radius 3 is 2.48 bits per heavy atom. The summed E-state index contributed by atoms with van der Waals surface area (Å²) in [7, 11) is -3.78. The van der Waals surface area contributed by atoms with E-state index in [0.717, 1.165) is 10.9 Å². The minimum Gasteiger partial charge on any atom is -0.455 e. The average Bonchev–Trinajstić information content (AvgIpc) is 3.12. The van der Waals surface area contributed by atoms with Gasteiger partial charge in [-0.1, -0.05) is 34.1 Å². The van der Waals surface area contributed by atoms with Gasteiger partial charge in [0.05, 0.1) is 10.6 Å². The second-order valence-corrected chi connectivity index (χ2v) is 9.71. The van der Waals surface area contributed by atoms with Gasteiger partial charge in [-0.25, -0.2) is 0 Å². The first-order valence-corrected chi connectivity index (χ1v) is 12.0. The first-order chi connectivity index (χ1) is 14.8. The van der Waals surface area contributed by atoms with E-state index in [-0.39, 0.29) is 16.6 Å². The molecule has 7 nitrogen and oxygen atoms in total. The number of benzene rings is 2. The quantitative estimate of drug-likeness (QED) is 0.497. The van der Waals surface area contributed by atoms with Gasteiger partial charge in [0.15, 0.2) is 5.76 Å². The lowest BCUT2D eigenvalue weighted by molar-refractivity contribution is 0.0994. The fourth-order valence-electron chi connectivity index (χ4n) is 3.49. The highest BCUT2D eigenvalue weighted by Crippen LogP contribution is 2.30.